The van der Waals surface area contributed by atoms with Gasteiger partial charge in [-0.3, -0.25) is 4.79 Å². The van der Waals surface area contributed by atoms with Crippen molar-refractivity contribution in [3.05, 3.63) is 62.9 Å². The normalized spacial score (nSPS) is 15.8. The van der Waals surface area contributed by atoms with Gasteiger partial charge in [-0.25, -0.2) is 4.98 Å². The molecule has 1 aliphatic rings. The van der Waals surface area contributed by atoms with Gasteiger partial charge in [0.25, 0.3) is 0 Å². The zero-order valence-corrected chi connectivity index (χ0v) is 21.3. The van der Waals surface area contributed by atoms with Crippen molar-refractivity contribution in [1.29, 1.82) is 0 Å². The van der Waals surface area contributed by atoms with Crippen LogP contribution in [0, 0.1) is 0 Å². The predicted molar refractivity (Wildman–Crippen MR) is 137 cm³/mol. The number of fused-ring (bicyclic) bond motifs is 1. The Morgan fingerprint density at radius 2 is 1.70 bits per heavy atom. The average molecular weight is 508 g/mol. The van der Waals surface area contributed by atoms with Gasteiger partial charge in [-0.05, 0) is 36.7 Å². The molecule has 0 spiro atoms. The summed E-state index contributed by atoms with van der Waals surface area (Å²) < 4.78 is 2.07. The first kappa shape index (κ1) is 24.3. The summed E-state index contributed by atoms with van der Waals surface area (Å²) in [6, 6.07) is 11.0. The zero-order valence-electron chi connectivity index (χ0n) is 19.0. The molecule has 0 aliphatic carbocycles. The van der Waals surface area contributed by atoms with Crippen molar-refractivity contribution >= 4 is 51.7 Å². The van der Waals surface area contributed by atoms with Crippen LogP contribution in [0.5, 0.6) is 0 Å². The second kappa shape index (κ2) is 10.6. The Hall–Kier alpha value is -1.79. The molecule has 0 bridgehead atoms. The number of hydrogen-bond donors (Lipinski definition) is 0. The maximum absolute atomic E-state index is 13.8. The predicted octanol–water partition coefficient (Wildman–Crippen LogP) is 6.09. The Bertz CT molecular complexity index is 1140. The van der Waals surface area contributed by atoms with Crippen LogP contribution >= 0.6 is 34.8 Å². The van der Waals surface area contributed by atoms with Gasteiger partial charge in [0.1, 0.15) is 11.9 Å². The number of carbonyl (C=O) groups is 1. The molecule has 1 atom stereocenters. The number of halogens is 3. The third-order valence-corrected chi connectivity index (χ3v) is 7.49. The number of piperazine rings is 1. The van der Waals surface area contributed by atoms with Crippen molar-refractivity contribution < 1.29 is 4.79 Å². The molecule has 33 heavy (non-hydrogen) atoms. The molecule has 1 amide bonds. The maximum Gasteiger partial charge on any atom is 0.245 e. The van der Waals surface area contributed by atoms with E-state index < -0.39 is 0 Å². The summed E-state index contributed by atoms with van der Waals surface area (Å²) in [5.41, 5.74) is 2.52. The van der Waals surface area contributed by atoms with E-state index >= 15 is 0 Å². The lowest BCUT2D eigenvalue weighted by Gasteiger charge is -2.36. The molecule has 1 aromatic heterocycles. The van der Waals surface area contributed by atoms with Gasteiger partial charge in [-0.2, -0.15) is 0 Å². The average Bonchev–Trinajstić information content (AvgIpc) is 3.15. The second-order valence-corrected chi connectivity index (χ2v) is 9.71. The zero-order chi connectivity index (χ0) is 23.5. The van der Waals surface area contributed by atoms with E-state index in [1.54, 1.807) is 6.07 Å². The molecule has 1 unspecified atom stereocenters. The number of likely N-dealkylation sites (N-methyl/N-ethyl adjacent to an activating group) is 1. The number of carbonyl (C=O) groups excluding carboxylic acids is 1. The highest BCUT2D eigenvalue weighted by molar-refractivity contribution is 6.42. The number of hydrogen-bond acceptors (Lipinski definition) is 3. The Labute approximate surface area is 210 Å². The highest BCUT2D eigenvalue weighted by Crippen LogP contribution is 2.33. The third-order valence-electron chi connectivity index (χ3n) is 6.40. The van der Waals surface area contributed by atoms with Crippen molar-refractivity contribution in [3.8, 4) is 0 Å². The summed E-state index contributed by atoms with van der Waals surface area (Å²) in [5.74, 6) is 0.925. The highest BCUT2D eigenvalue weighted by Gasteiger charge is 2.31. The van der Waals surface area contributed by atoms with Crippen molar-refractivity contribution in [2.24, 2.45) is 0 Å². The highest BCUT2D eigenvalue weighted by atomic mass is 35.5. The number of benzene rings is 2. The molecular weight excluding hydrogens is 479 g/mol. The van der Waals surface area contributed by atoms with Crippen LogP contribution in [0.25, 0.3) is 11.0 Å². The van der Waals surface area contributed by atoms with E-state index in [1.165, 1.54) is 0 Å². The van der Waals surface area contributed by atoms with Gasteiger partial charge in [0.2, 0.25) is 5.91 Å². The minimum Gasteiger partial charge on any atom is -0.338 e. The molecule has 5 nitrogen and oxygen atoms in total. The van der Waals surface area contributed by atoms with Gasteiger partial charge in [-0.1, -0.05) is 73.3 Å². The van der Waals surface area contributed by atoms with Crippen LogP contribution in [0.4, 0.5) is 0 Å². The summed E-state index contributed by atoms with van der Waals surface area (Å²) in [5, 5.41) is 1.59. The molecule has 0 radical (unpaired) electrons. The van der Waals surface area contributed by atoms with E-state index in [0.29, 0.717) is 27.9 Å². The molecule has 2 heterocycles. The second-order valence-electron chi connectivity index (χ2n) is 8.49. The van der Waals surface area contributed by atoms with Crippen molar-refractivity contribution in [2.45, 2.75) is 39.2 Å². The molecule has 3 aromatic rings. The van der Waals surface area contributed by atoms with Gasteiger partial charge in [0, 0.05) is 37.6 Å². The van der Waals surface area contributed by atoms with Gasteiger partial charge in [0.05, 0.1) is 21.1 Å². The fourth-order valence-corrected chi connectivity index (χ4v) is 5.07. The van der Waals surface area contributed by atoms with E-state index in [-0.39, 0.29) is 11.9 Å². The number of rotatable bonds is 7. The lowest BCUT2D eigenvalue weighted by molar-refractivity contribution is -0.136. The van der Waals surface area contributed by atoms with Crippen LogP contribution in [-0.4, -0.2) is 58.0 Å². The van der Waals surface area contributed by atoms with Crippen LogP contribution in [0.2, 0.25) is 15.1 Å². The fraction of sp³-hybridized carbons (Fsp3) is 0.440. The Morgan fingerprint density at radius 1 is 1.00 bits per heavy atom. The van der Waals surface area contributed by atoms with E-state index in [4.69, 9.17) is 39.8 Å². The van der Waals surface area contributed by atoms with Crippen molar-refractivity contribution in [3.63, 3.8) is 0 Å². The first-order valence-corrected chi connectivity index (χ1v) is 12.7. The minimum atomic E-state index is -0.358. The fourth-order valence-electron chi connectivity index (χ4n) is 4.56. The van der Waals surface area contributed by atoms with E-state index in [0.717, 1.165) is 61.6 Å². The third kappa shape index (κ3) is 5.17. The standard InChI is InChI=1S/C25H29Cl3N4O/c1-3-7-22(25(33)31-12-10-30(4-2)11-13-31)32-23-16-20(28)19(27)15-21(23)29-24(32)14-17-8-5-6-9-18(17)26/h5-6,8-9,15-16,22H,3-4,7,10-14H2,1-2H3. The Balaban J connectivity index is 1.78. The summed E-state index contributed by atoms with van der Waals surface area (Å²) >= 11 is 19.2. The van der Waals surface area contributed by atoms with Crippen LogP contribution < -0.4 is 0 Å². The molecule has 176 valence electrons. The quantitative estimate of drug-likeness (QED) is 0.388. The van der Waals surface area contributed by atoms with Crippen molar-refractivity contribution in [2.75, 3.05) is 32.7 Å². The SMILES string of the molecule is CCCC(C(=O)N1CCN(CC)CC1)n1c(Cc2ccccc2Cl)nc2cc(Cl)c(Cl)cc21. The van der Waals surface area contributed by atoms with E-state index in [1.807, 2.05) is 35.2 Å². The number of amides is 1. The maximum atomic E-state index is 13.8. The molecule has 1 aliphatic heterocycles. The lowest BCUT2D eigenvalue weighted by Crippen LogP contribution is -2.50. The summed E-state index contributed by atoms with van der Waals surface area (Å²) in [6.45, 7) is 8.56. The van der Waals surface area contributed by atoms with E-state index in [9.17, 15) is 4.79 Å². The lowest BCUT2D eigenvalue weighted by atomic mass is 10.1. The van der Waals surface area contributed by atoms with Crippen LogP contribution in [-0.2, 0) is 11.2 Å². The summed E-state index contributed by atoms with van der Waals surface area (Å²) in [6.07, 6.45) is 2.10. The first-order valence-electron chi connectivity index (χ1n) is 11.5. The molecule has 0 saturated carbocycles. The first-order chi connectivity index (χ1) is 15.9. The van der Waals surface area contributed by atoms with Crippen LogP contribution in [0.15, 0.2) is 36.4 Å². The molecule has 1 fully saturated rings. The molecule has 8 heteroatoms. The van der Waals surface area contributed by atoms with Gasteiger partial charge in [-0.15, -0.1) is 0 Å². The monoisotopic (exact) mass is 506 g/mol. The summed E-state index contributed by atoms with van der Waals surface area (Å²) in [4.78, 5) is 23.1. The molecule has 0 N–H and O–H groups in total. The van der Waals surface area contributed by atoms with Crippen molar-refractivity contribution in [1.82, 2.24) is 19.4 Å². The number of nitrogens with zero attached hydrogens (tertiary/aromatic N) is 4. The Kier molecular flexibility index (Phi) is 7.85. The van der Waals surface area contributed by atoms with Gasteiger partial charge in [0.15, 0.2) is 0 Å². The Morgan fingerprint density at radius 3 is 2.36 bits per heavy atom. The van der Waals surface area contributed by atoms with E-state index in [2.05, 4.69) is 23.3 Å². The van der Waals surface area contributed by atoms with Crippen LogP contribution in [0.1, 0.15) is 44.1 Å². The summed E-state index contributed by atoms with van der Waals surface area (Å²) in [7, 11) is 0. The molecule has 2 aromatic carbocycles. The molecule has 1 saturated heterocycles. The topological polar surface area (TPSA) is 41.4 Å². The molecular formula is C25H29Cl3N4O. The number of aromatic nitrogens is 2. The van der Waals surface area contributed by atoms with Crippen LogP contribution in [0.3, 0.4) is 0 Å². The smallest absolute Gasteiger partial charge is 0.245 e. The number of imidazole rings is 1. The molecule has 4 rings (SSSR count). The largest absolute Gasteiger partial charge is 0.338 e. The minimum absolute atomic E-state index is 0.137. The van der Waals surface area contributed by atoms with Gasteiger partial charge >= 0.3 is 0 Å². The van der Waals surface area contributed by atoms with Gasteiger partial charge < -0.3 is 14.4 Å².